The van der Waals surface area contributed by atoms with E-state index in [0.717, 1.165) is 28.8 Å². The van der Waals surface area contributed by atoms with Crippen LogP contribution in [-0.4, -0.2) is 66.2 Å². The zero-order valence-corrected chi connectivity index (χ0v) is 15.3. The van der Waals surface area contributed by atoms with E-state index in [9.17, 15) is 9.90 Å². The van der Waals surface area contributed by atoms with Crippen LogP contribution >= 0.6 is 0 Å². The number of hydrogen-bond donors (Lipinski definition) is 1. The Morgan fingerprint density at radius 1 is 1.23 bits per heavy atom. The molecule has 4 aliphatic rings. The van der Waals surface area contributed by atoms with Crippen LogP contribution in [-0.2, 0) is 14.3 Å². The van der Waals surface area contributed by atoms with Gasteiger partial charge in [0.15, 0.2) is 0 Å². The number of piperidine rings is 1. The number of carbonyl (C=O) groups is 1. The lowest BCUT2D eigenvalue weighted by Gasteiger charge is -2.48. The van der Waals surface area contributed by atoms with Gasteiger partial charge in [0.05, 0.1) is 20.2 Å². The highest BCUT2D eigenvalue weighted by Crippen LogP contribution is 2.54. The third kappa shape index (κ3) is 2.68. The van der Waals surface area contributed by atoms with Crippen molar-refractivity contribution in [1.29, 1.82) is 0 Å². The molecule has 7 atom stereocenters. The van der Waals surface area contributed by atoms with Gasteiger partial charge >= 0.3 is 5.97 Å². The van der Waals surface area contributed by atoms with Crippen molar-refractivity contribution in [2.75, 3.05) is 20.2 Å². The summed E-state index contributed by atoms with van der Waals surface area (Å²) in [6.45, 7) is 1.04. The molecule has 1 aromatic carbocycles. The van der Waals surface area contributed by atoms with Crippen LogP contribution in [0.5, 0.6) is 0 Å². The summed E-state index contributed by atoms with van der Waals surface area (Å²) in [5, 5.41) is 9.71. The van der Waals surface area contributed by atoms with E-state index in [1.165, 1.54) is 19.4 Å². The number of aliphatic hydroxyl groups excluding tert-OH is 1. The fraction of sp³-hybridized carbons (Fsp3) is 0.667. The van der Waals surface area contributed by atoms with Crippen molar-refractivity contribution in [2.45, 2.75) is 62.0 Å². The molecule has 1 N–H and O–H groups in total. The van der Waals surface area contributed by atoms with Gasteiger partial charge in [0.1, 0.15) is 36.3 Å². The molecule has 0 aromatic heterocycles. The van der Waals surface area contributed by atoms with Crippen LogP contribution in [0.25, 0.3) is 0 Å². The highest BCUT2D eigenvalue weighted by atomic mass is 16.6. The molecule has 2 unspecified atom stereocenters. The first-order valence-corrected chi connectivity index (χ1v) is 9.97. The van der Waals surface area contributed by atoms with E-state index in [2.05, 4.69) is 7.05 Å². The summed E-state index contributed by atoms with van der Waals surface area (Å²) < 4.78 is 12.9. The summed E-state index contributed by atoms with van der Waals surface area (Å²) in [7, 11) is 2.39. The van der Waals surface area contributed by atoms with E-state index in [-0.39, 0.29) is 18.7 Å². The van der Waals surface area contributed by atoms with Crippen molar-refractivity contribution in [3.8, 4) is 0 Å². The van der Waals surface area contributed by atoms with Gasteiger partial charge < -0.3 is 19.1 Å². The molecule has 140 valence electrons. The van der Waals surface area contributed by atoms with Crippen LogP contribution < -0.4 is 0 Å². The minimum absolute atomic E-state index is 0.0444. The second-order valence-electron chi connectivity index (χ2n) is 8.85. The van der Waals surface area contributed by atoms with E-state index in [1.807, 2.05) is 30.3 Å². The molecular weight excluding hydrogens is 330 g/mol. The molecule has 5 rings (SSSR count). The second kappa shape index (κ2) is 6.04. The molecule has 2 bridgehead atoms. The van der Waals surface area contributed by atoms with Crippen molar-refractivity contribution in [2.24, 2.45) is 5.92 Å². The number of benzene rings is 1. The molecule has 5 heteroatoms. The third-order valence-corrected chi connectivity index (χ3v) is 7.14. The number of quaternary nitrogens is 1. The van der Waals surface area contributed by atoms with Gasteiger partial charge in [-0.1, -0.05) is 30.3 Å². The Labute approximate surface area is 154 Å². The SMILES string of the molecule is C[N+]1(CC2CC2)[C@@H]2CC(OC(=O)[C@@H](CO)c3ccccc3)C[C@H]1[C@H]1O[C@@H]12. The largest absolute Gasteiger partial charge is 0.461 e. The molecule has 5 nitrogen and oxygen atoms in total. The van der Waals surface area contributed by atoms with E-state index in [0.29, 0.717) is 24.3 Å². The van der Waals surface area contributed by atoms with Crippen molar-refractivity contribution in [1.82, 2.24) is 0 Å². The minimum atomic E-state index is -0.589. The molecule has 1 saturated carbocycles. The Kier molecular flexibility index (Phi) is 3.89. The van der Waals surface area contributed by atoms with Gasteiger partial charge in [0.2, 0.25) is 0 Å². The Morgan fingerprint density at radius 2 is 1.88 bits per heavy atom. The van der Waals surface area contributed by atoms with Gasteiger partial charge in [-0.05, 0) is 18.4 Å². The maximum absolute atomic E-state index is 12.7. The van der Waals surface area contributed by atoms with E-state index < -0.39 is 5.92 Å². The zero-order chi connectivity index (χ0) is 17.9. The highest BCUT2D eigenvalue weighted by Gasteiger charge is 2.72. The smallest absolute Gasteiger partial charge is 0.316 e. The maximum atomic E-state index is 12.7. The molecule has 1 aliphatic carbocycles. The topological polar surface area (TPSA) is 59.1 Å². The Bertz CT molecular complexity index is 671. The number of nitrogens with zero attached hydrogens (tertiary/aromatic N) is 1. The average molecular weight is 358 g/mol. The van der Waals surface area contributed by atoms with Gasteiger partial charge in [-0.25, -0.2) is 0 Å². The van der Waals surface area contributed by atoms with Crippen molar-refractivity contribution >= 4 is 5.97 Å². The standard InChI is InChI=1S/C21H28NO4/c1-22(11-13-7-8-13)17-9-15(10-18(22)20-19(17)26-20)25-21(24)16(12-23)14-5-3-2-4-6-14/h2-6,13,15-20,23H,7-12H2,1H3/q+1/t15?,16-,17-,18+,19+,20+,22?/m0/s1. The number of epoxide rings is 1. The van der Waals surface area contributed by atoms with Crippen LogP contribution in [0.4, 0.5) is 0 Å². The molecule has 0 radical (unpaired) electrons. The molecule has 26 heavy (non-hydrogen) atoms. The molecular formula is C21H28NO4+. The van der Waals surface area contributed by atoms with E-state index >= 15 is 0 Å². The van der Waals surface area contributed by atoms with Crippen LogP contribution in [0.2, 0.25) is 0 Å². The minimum Gasteiger partial charge on any atom is -0.461 e. The van der Waals surface area contributed by atoms with Crippen LogP contribution in [0, 0.1) is 5.92 Å². The lowest BCUT2D eigenvalue weighted by Crippen LogP contribution is -2.63. The molecule has 3 heterocycles. The number of carbonyl (C=O) groups excluding carboxylic acids is 1. The second-order valence-corrected chi connectivity index (χ2v) is 8.85. The Hall–Kier alpha value is -1.43. The quantitative estimate of drug-likeness (QED) is 0.479. The normalized spacial score (nSPS) is 41.4. The summed E-state index contributed by atoms with van der Waals surface area (Å²) in [6, 6.07) is 10.4. The van der Waals surface area contributed by atoms with Gasteiger partial charge in [-0.2, -0.15) is 0 Å². The molecule has 4 fully saturated rings. The van der Waals surface area contributed by atoms with Crippen molar-refractivity contribution in [3.63, 3.8) is 0 Å². The summed E-state index contributed by atoms with van der Waals surface area (Å²) in [5.74, 6) is 0.00309. The molecule has 0 amide bonds. The summed E-state index contributed by atoms with van der Waals surface area (Å²) >= 11 is 0. The summed E-state index contributed by atoms with van der Waals surface area (Å²) in [4.78, 5) is 12.7. The van der Waals surface area contributed by atoms with Gasteiger partial charge in [0, 0.05) is 18.8 Å². The number of hydrogen-bond acceptors (Lipinski definition) is 4. The zero-order valence-electron chi connectivity index (χ0n) is 15.3. The molecule has 1 aromatic rings. The predicted molar refractivity (Wildman–Crippen MR) is 95.4 cm³/mol. The fourth-order valence-electron chi connectivity index (χ4n) is 5.53. The molecule has 0 spiro atoms. The molecule has 3 saturated heterocycles. The van der Waals surface area contributed by atoms with Gasteiger partial charge in [0.25, 0.3) is 0 Å². The number of morpholine rings is 1. The van der Waals surface area contributed by atoms with E-state index in [1.54, 1.807) is 0 Å². The molecule has 3 aliphatic heterocycles. The Balaban J connectivity index is 1.27. The number of esters is 1. The van der Waals surface area contributed by atoms with Crippen LogP contribution in [0.3, 0.4) is 0 Å². The Morgan fingerprint density at radius 3 is 2.46 bits per heavy atom. The van der Waals surface area contributed by atoms with Crippen molar-refractivity contribution in [3.05, 3.63) is 35.9 Å². The fourth-order valence-corrected chi connectivity index (χ4v) is 5.53. The average Bonchev–Trinajstić information content (AvgIpc) is 3.51. The lowest BCUT2D eigenvalue weighted by molar-refractivity contribution is -0.957. The summed E-state index contributed by atoms with van der Waals surface area (Å²) in [5.41, 5.74) is 0.819. The number of aliphatic hydroxyl groups is 1. The monoisotopic (exact) mass is 358 g/mol. The number of likely N-dealkylation sites (N-methyl/N-ethyl adjacent to an activating group) is 1. The third-order valence-electron chi connectivity index (χ3n) is 7.14. The maximum Gasteiger partial charge on any atom is 0.316 e. The number of rotatable bonds is 6. The predicted octanol–water partition coefficient (Wildman–Crippen LogP) is 1.84. The van der Waals surface area contributed by atoms with Gasteiger partial charge in [-0.3, -0.25) is 4.79 Å². The lowest BCUT2D eigenvalue weighted by atomic mass is 9.94. The van der Waals surface area contributed by atoms with Crippen molar-refractivity contribution < 1.29 is 23.9 Å². The first-order valence-electron chi connectivity index (χ1n) is 9.97. The van der Waals surface area contributed by atoms with Crippen LogP contribution in [0.1, 0.15) is 37.2 Å². The van der Waals surface area contributed by atoms with Crippen LogP contribution in [0.15, 0.2) is 30.3 Å². The highest BCUT2D eigenvalue weighted by molar-refractivity contribution is 5.78. The van der Waals surface area contributed by atoms with Gasteiger partial charge in [-0.15, -0.1) is 0 Å². The van der Waals surface area contributed by atoms with E-state index in [4.69, 9.17) is 9.47 Å². The first-order chi connectivity index (χ1) is 12.6. The summed E-state index contributed by atoms with van der Waals surface area (Å²) in [6.07, 6.45) is 5.22. The number of ether oxygens (including phenoxy) is 2. The first kappa shape index (κ1) is 16.7. The number of fused-ring (bicyclic) bond motifs is 5.